The molecule has 0 aliphatic carbocycles. The van der Waals surface area contributed by atoms with Crippen molar-refractivity contribution in [1.82, 2.24) is 0 Å². The monoisotopic (exact) mass is 249 g/mol. The highest BCUT2D eigenvalue weighted by atomic mass is 16.4. The molecule has 0 bridgehead atoms. The molecule has 1 aromatic carbocycles. The van der Waals surface area contributed by atoms with Crippen LogP contribution in [0.25, 0.3) is 0 Å². The first kappa shape index (κ1) is 13.7. The van der Waals surface area contributed by atoms with E-state index in [1.165, 1.54) is 18.2 Å². The van der Waals surface area contributed by atoms with Crippen LogP contribution < -0.4 is 0 Å². The van der Waals surface area contributed by atoms with Gasteiger partial charge in [-0.15, -0.1) is 0 Å². The van der Waals surface area contributed by atoms with Crippen LogP contribution in [0.3, 0.4) is 0 Å². The molecule has 94 valence electrons. The lowest BCUT2D eigenvalue weighted by atomic mass is 9.94. The van der Waals surface area contributed by atoms with Crippen LogP contribution in [0.4, 0.5) is 0 Å². The van der Waals surface area contributed by atoms with Crippen LogP contribution in [-0.2, 0) is 16.0 Å². The van der Waals surface area contributed by atoms with E-state index in [4.69, 9.17) is 15.5 Å². The Morgan fingerprint density at radius 3 is 2.50 bits per heavy atom. The Kier molecular flexibility index (Phi) is 4.40. The fourth-order valence-corrected chi connectivity index (χ4v) is 1.62. The van der Waals surface area contributed by atoms with Gasteiger partial charge in [0, 0.05) is 12.0 Å². The van der Waals surface area contributed by atoms with Crippen LogP contribution in [0.5, 0.6) is 0 Å². The maximum absolute atomic E-state index is 10.8. The van der Waals surface area contributed by atoms with E-state index in [1.54, 1.807) is 6.07 Å². The van der Waals surface area contributed by atoms with E-state index >= 15 is 0 Å². The molecule has 6 nitrogen and oxygen atoms in total. The van der Waals surface area contributed by atoms with Crippen molar-refractivity contribution in [2.45, 2.75) is 18.9 Å². The van der Waals surface area contributed by atoms with Crippen molar-refractivity contribution in [3.8, 4) is 6.07 Å². The third kappa shape index (κ3) is 3.06. The van der Waals surface area contributed by atoms with Gasteiger partial charge in [0.05, 0.1) is 11.6 Å². The Bertz CT molecular complexity index is 518. The van der Waals surface area contributed by atoms with Gasteiger partial charge in [0.15, 0.2) is 6.10 Å². The number of nitrogens with zero attached hydrogens (tertiary/aromatic N) is 1. The van der Waals surface area contributed by atoms with Gasteiger partial charge in [-0.05, 0) is 18.1 Å². The molecule has 0 aliphatic rings. The second kappa shape index (κ2) is 5.80. The van der Waals surface area contributed by atoms with E-state index in [2.05, 4.69) is 0 Å². The summed E-state index contributed by atoms with van der Waals surface area (Å²) in [5.41, 5.74) is 0.355. The number of hydrogen-bond acceptors (Lipinski definition) is 4. The molecule has 0 radical (unpaired) electrons. The van der Waals surface area contributed by atoms with Crippen molar-refractivity contribution in [3.63, 3.8) is 0 Å². The van der Waals surface area contributed by atoms with Gasteiger partial charge >= 0.3 is 11.9 Å². The third-order valence-corrected chi connectivity index (χ3v) is 2.43. The highest BCUT2D eigenvalue weighted by Crippen LogP contribution is 2.24. The van der Waals surface area contributed by atoms with Crippen LogP contribution in [0, 0.1) is 11.3 Å². The summed E-state index contributed by atoms with van der Waals surface area (Å²) in [4.78, 5) is 21.3. The van der Waals surface area contributed by atoms with Crippen molar-refractivity contribution in [2.75, 3.05) is 0 Å². The molecule has 0 saturated carbocycles. The summed E-state index contributed by atoms with van der Waals surface area (Å²) in [7, 11) is 0. The maximum atomic E-state index is 10.8. The standard InChI is InChI=1S/C12H11NO5/c13-6-8-3-1-2-7(4-5-9(14)15)10(8)11(16)12(17)18/h1-3,11,16H,4-5H2,(H,14,15)(H,17,18). The molecule has 6 heteroatoms. The van der Waals surface area contributed by atoms with Crippen molar-refractivity contribution in [1.29, 1.82) is 5.26 Å². The first-order valence-electron chi connectivity index (χ1n) is 5.12. The minimum Gasteiger partial charge on any atom is -0.481 e. The van der Waals surface area contributed by atoms with E-state index in [0.717, 1.165) is 0 Å². The van der Waals surface area contributed by atoms with Crippen LogP contribution in [0.2, 0.25) is 0 Å². The predicted octanol–water partition coefficient (Wildman–Crippen LogP) is 0.693. The number of carboxylic acid groups (broad SMARTS) is 2. The SMILES string of the molecule is N#Cc1cccc(CCC(=O)O)c1C(O)C(=O)O. The molecule has 1 rings (SSSR count). The third-order valence-electron chi connectivity index (χ3n) is 2.43. The van der Waals surface area contributed by atoms with Gasteiger partial charge in [0.2, 0.25) is 0 Å². The lowest BCUT2D eigenvalue weighted by molar-refractivity contribution is -0.147. The number of rotatable bonds is 5. The molecule has 0 aromatic heterocycles. The minimum absolute atomic E-state index is 0.0336. The summed E-state index contributed by atoms with van der Waals surface area (Å²) in [6.07, 6.45) is -1.97. The van der Waals surface area contributed by atoms with E-state index in [1.807, 2.05) is 0 Å². The second-order valence-corrected chi connectivity index (χ2v) is 3.62. The number of nitriles is 1. The number of benzene rings is 1. The van der Waals surface area contributed by atoms with E-state index in [9.17, 15) is 14.7 Å². The van der Waals surface area contributed by atoms with Gasteiger partial charge in [0.1, 0.15) is 0 Å². The summed E-state index contributed by atoms with van der Waals surface area (Å²) < 4.78 is 0. The largest absolute Gasteiger partial charge is 0.481 e. The lowest BCUT2D eigenvalue weighted by Gasteiger charge is -2.13. The van der Waals surface area contributed by atoms with Gasteiger partial charge in [-0.25, -0.2) is 4.79 Å². The number of carboxylic acids is 2. The summed E-state index contributed by atoms with van der Waals surface area (Å²) in [6, 6.07) is 6.20. The average Bonchev–Trinajstić information content (AvgIpc) is 2.34. The van der Waals surface area contributed by atoms with Gasteiger partial charge in [0.25, 0.3) is 0 Å². The van der Waals surface area contributed by atoms with Crippen molar-refractivity contribution in [3.05, 3.63) is 34.9 Å². The summed E-state index contributed by atoms with van der Waals surface area (Å²) in [5, 5.41) is 35.8. The van der Waals surface area contributed by atoms with Crippen LogP contribution >= 0.6 is 0 Å². The van der Waals surface area contributed by atoms with Gasteiger partial charge in [-0.3, -0.25) is 4.79 Å². The number of aliphatic hydroxyl groups is 1. The first-order chi connectivity index (χ1) is 8.47. The van der Waals surface area contributed by atoms with Crippen LogP contribution in [0.1, 0.15) is 29.2 Å². The highest BCUT2D eigenvalue weighted by Gasteiger charge is 2.23. The summed E-state index contributed by atoms with van der Waals surface area (Å²) >= 11 is 0. The zero-order chi connectivity index (χ0) is 13.7. The molecule has 1 unspecified atom stereocenters. The zero-order valence-corrected chi connectivity index (χ0v) is 9.33. The quantitative estimate of drug-likeness (QED) is 0.706. The Morgan fingerprint density at radius 2 is 2.00 bits per heavy atom. The van der Waals surface area contributed by atoms with Crippen molar-refractivity contribution >= 4 is 11.9 Å². The highest BCUT2D eigenvalue weighted by molar-refractivity contribution is 5.76. The maximum Gasteiger partial charge on any atom is 0.337 e. The molecular weight excluding hydrogens is 238 g/mol. The molecule has 0 aliphatic heterocycles. The average molecular weight is 249 g/mol. The molecule has 1 aromatic rings. The summed E-state index contributed by atoms with van der Waals surface area (Å²) in [6.45, 7) is 0. The molecule has 3 N–H and O–H groups in total. The topological polar surface area (TPSA) is 119 Å². The normalized spacial score (nSPS) is 11.6. The number of hydrogen-bond donors (Lipinski definition) is 3. The summed E-state index contributed by atoms with van der Waals surface area (Å²) in [5.74, 6) is -2.51. The van der Waals surface area contributed by atoms with E-state index < -0.39 is 18.0 Å². The molecule has 0 heterocycles. The van der Waals surface area contributed by atoms with Crippen LogP contribution in [-0.4, -0.2) is 27.3 Å². The van der Waals surface area contributed by atoms with Crippen molar-refractivity contribution in [2.24, 2.45) is 0 Å². The predicted molar refractivity (Wildman–Crippen MR) is 59.7 cm³/mol. The molecule has 0 saturated heterocycles. The van der Waals surface area contributed by atoms with Gasteiger partial charge in [-0.2, -0.15) is 5.26 Å². The zero-order valence-electron chi connectivity index (χ0n) is 9.33. The molecular formula is C12H11NO5. The Morgan fingerprint density at radius 1 is 1.33 bits per heavy atom. The first-order valence-corrected chi connectivity index (χ1v) is 5.12. The van der Waals surface area contributed by atoms with Crippen molar-refractivity contribution < 1.29 is 24.9 Å². The number of carbonyl (C=O) groups is 2. The van der Waals surface area contributed by atoms with Gasteiger partial charge in [-0.1, -0.05) is 12.1 Å². The lowest BCUT2D eigenvalue weighted by Crippen LogP contribution is -2.15. The molecule has 0 fully saturated rings. The smallest absolute Gasteiger partial charge is 0.337 e. The Hall–Kier alpha value is -2.39. The van der Waals surface area contributed by atoms with E-state index in [0.29, 0.717) is 5.56 Å². The van der Waals surface area contributed by atoms with E-state index in [-0.39, 0.29) is 24.0 Å². The molecule has 0 spiro atoms. The van der Waals surface area contributed by atoms with Gasteiger partial charge < -0.3 is 15.3 Å². The fraction of sp³-hybridized carbons (Fsp3) is 0.250. The number of aryl methyl sites for hydroxylation is 1. The Labute approximate surface area is 103 Å². The molecule has 18 heavy (non-hydrogen) atoms. The minimum atomic E-state index is -1.83. The Balaban J connectivity index is 3.21. The molecule has 0 amide bonds. The second-order valence-electron chi connectivity index (χ2n) is 3.62. The number of aliphatic carboxylic acids is 2. The number of aliphatic hydroxyl groups excluding tert-OH is 1. The van der Waals surface area contributed by atoms with Crippen LogP contribution in [0.15, 0.2) is 18.2 Å². The molecule has 1 atom stereocenters. The fourth-order valence-electron chi connectivity index (χ4n) is 1.62.